The summed E-state index contributed by atoms with van der Waals surface area (Å²) in [6, 6.07) is 2.79. The molecule has 2 saturated heterocycles. The number of halogens is 1. The fourth-order valence-corrected chi connectivity index (χ4v) is 3.59. The van der Waals surface area contributed by atoms with Crippen LogP contribution in [0.2, 0.25) is 0 Å². The molecule has 3 aliphatic rings. The summed E-state index contributed by atoms with van der Waals surface area (Å²) in [6.07, 6.45) is -0.0343. The Morgan fingerprint density at radius 3 is 2.76 bits per heavy atom. The van der Waals surface area contributed by atoms with Crippen LogP contribution >= 0.6 is 0 Å². The van der Waals surface area contributed by atoms with Crippen molar-refractivity contribution in [1.82, 2.24) is 15.1 Å². The summed E-state index contributed by atoms with van der Waals surface area (Å²) < 4.78 is 13.4. The summed E-state index contributed by atoms with van der Waals surface area (Å²) in [5.41, 5.74) is 0.849. The summed E-state index contributed by atoms with van der Waals surface area (Å²) in [5, 5.41) is 4.80. The second-order valence-electron chi connectivity index (χ2n) is 6.32. The fourth-order valence-electron chi connectivity index (χ4n) is 3.59. The molecule has 1 aromatic carbocycles. The Labute approximate surface area is 141 Å². The highest BCUT2D eigenvalue weighted by atomic mass is 19.1. The number of carbonyl (C=O) groups is 4. The van der Waals surface area contributed by atoms with Crippen LogP contribution in [0.3, 0.4) is 0 Å². The molecule has 2 unspecified atom stereocenters. The van der Waals surface area contributed by atoms with E-state index in [9.17, 15) is 23.6 Å². The maximum Gasteiger partial charge on any atom is 0.324 e. The van der Waals surface area contributed by atoms with Crippen molar-refractivity contribution in [1.29, 1.82) is 0 Å². The number of anilines is 1. The van der Waals surface area contributed by atoms with Gasteiger partial charge in [0.1, 0.15) is 11.9 Å². The van der Waals surface area contributed by atoms with Gasteiger partial charge in [0, 0.05) is 25.2 Å². The van der Waals surface area contributed by atoms with Gasteiger partial charge in [-0.3, -0.25) is 19.7 Å². The van der Waals surface area contributed by atoms with Crippen molar-refractivity contribution in [2.45, 2.75) is 18.4 Å². The molecule has 0 aliphatic carbocycles. The number of hydrogen-bond acceptors (Lipinski definition) is 4. The molecule has 0 spiro atoms. The normalized spacial score (nSPS) is 25.2. The van der Waals surface area contributed by atoms with Gasteiger partial charge in [0.25, 0.3) is 5.91 Å². The van der Waals surface area contributed by atoms with Crippen molar-refractivity contribution in [3.63, 3.8) is 0 Å². The van der Waals surface area contributed by atoms with E-state index in [0.717, 1.165) is 0 Å². The van der Waals surface area contributed by atoms with Gasteiger partial charge in [-0.2, -0.15) is 0 Å². The number of urea groups is 1. The molecule has 25 heavy (non-hydrogen) atoms. The first-order valence-electron chi connectivity index (χ1n) is 7.93. The number of hydrogen-bond donors (Lipinski definition) is 2. The quantitative estimate of drug-likeness (QED) is 0.700. The third-order valence-corrected chi connectivity index (χ3v) is 4.84. The number of fused-ring (bicyclic) bond motifs is 2. The second kappa shape index (κ2) is 5.54. The highest BCUT2D eigenvalue weighted by Gasteiger charge is 2.44. The van der Waals surface area contributed by atoms with E-state index in [1.807, 2.05) is 0 Å². The number of nitrogens with one attached hydrogen (secondary N) is 2. The number of amides is 5. The van der Waals surface area contributed by atoms with Crippen LogP contribution in [0.15, 0.2) is 18.2 Å². The number of carbonyl (C=O) groups excluding carboxylic acids is 4. The van der Waals surface area contributed by atoms with E-state index in [1.165, 1.54) is 28.0 Å². The molecule has 5 amide bonds. The smallest absolute Gasteiger partial charge is 0.324 e. The standard InChI is InChI=1S/C16H15FN4O4/c17-8-1-2-9-10(6-13(22)18-11(9)5-8)15(24)20-3-4-21-12(7-20)14(23)19-16(21)25/h1-2,5,10,12H,3-4,6-7H2,(H,18,22)(H,19,23,25). The van der Waals surface area contributed by atoms with E-state index in [2.05, 4.69) is 10.6 Å². The summed E-state index contributed by atoms with van der Waals surface area (Å²) >= 11 is 0. The van der Waals surface area contributed by atoms with Crippen molar-refractivity contribution >= 4 is 29.4 Å². The molecule has 2 N–H and O–H groups in total. The van der Waals surface area contributed by atoms with Crippen LogP contribution in [0.25, 0.3) is 0 Å². The van der Waals surface area contributed by atoms with Gasteiger partial charge in [-0.05, 0) is 17.7 Å². The molecule has 9 heteroatoms. The van der Waals surface area contributed by atoms with E-state index >= 15 is 0 Å². The lowest BCUT2D eigenvalue weighted by Crippen LogP contribution is -2.55. The molecule has 0 saturated carbocycles. The van der Waals surface area contributed by atoms with Gasteiger partial charge < -0.3 is 15.1 Å². The predicted molar refractivity (Wildman–Crippen MR) is 83.0 cm³/mol. The van der Waals surface area contributed by atoms with E-state index < -0.39 is 29.7 Å². The minimum absolute atomic E-state index is 0.0343. The van der Waals surface area contributed by atoms with Gasteiger partial charge >= 0.3 is 6.03 Å². The molecule has 1 aromatic rings. The van der Waals surface area contributed by atoms with Crippen molar-refractivity contribution in [3.05, 3.63) is 29.6 Å². The average Bonchev–Trinajstić information content (AvgIpc) is 2.87. The van der Waals surface area contributed by atoms with Gasteiger partial charge in [-0.25, -0.2) is 9.18 Å². The first-order valence-corrected chi connectivity index (χ1v) is 7.93. The number of rotatable bonds is 1. The lowest BCUT2D eigenvalue weighted by Gasteiger charge is -2.38. The minimum Gasteiger partial charge on any atom is -0.338 e. The Hall–Kier alpha value is -2.97. The van der Waals surface area contributed by atoms with Crippen LogP contribution in [0.5, 0.6) is 0 Å². The zero-order valence-electron chi connectivity index (χ0n) is 13.1. The molecule has 3 heterocycles. The largest absolute Gasteiger partial charge is 0.338 e. The van der Waals surface area contributed by atoms with Gasteiger partial charge in [0.15, 0.2) is 0 Å². The van der Waals surface area contributed by atoms with Crippen molar-refractivity contribution in [2.24, 2.45) is 0 Å². The van der Waals surface area contributed by atoms with Crippen LogP contribution in [-0.4, -0.2) is 59.2 Å². The van der Waals surface area contributed by atoms with Gasteiger partial charge in [0.2, 0.25) is 11.8 Å². The fraction of sp³-hybridized carbons (Fsp3) is 0.375. The van der Waals surface area contributed by atoms with Crippen LogP contribution in [0.4, 0.5) is 14.9 Å². The van der Waals surface area contributed by atoms with Crippen molar-refractivity contribution < 1.29 is 23.6 Å². The van der Waals surface area contributed by atoms with Gasteiger partial charge in [0.05, 0.1) is 12.5 Å². The predicted octanol–water partition coefficient (Wildman–Crippen LogP) is 0.0141. The van der Waals surface area contributed by atoms with Crippen LogP contribution in [-0.2, 0) is 14.4 Å². The molecule has 0 bridgehead atoms. The Morgan fingerprint density at radius 2 is 1.96 bits per heavy atom. The molecule has 0 aromatic heterocycles. The molecule has 4 rings (SSSR count). The van der Waals surface area contributed by atoms with E-state index in [4.69, 9.17) is 0 Å². The van der Waals surface area contributed by atoms with Crippen molar-refractivity contribution in [2.75, 3.05) is 25.0 Å². The van der Waals surface area contributed by atoms with E-state index in [0.29, 0.717) is 11.3 Å². The molecule has 0 radical (unpaired) electrons. The Balaban J connectivity index is 1.59. The molecular weight excluding hydrogens is 331 g/mol. The summed E-state index contributed by atoms with van der Waals surface area (Å²) in [7, 11) is 0. The van der Waals surface area contributed by atoms with Crippen LogP contribution in [0.1, 0.15) is 17.9 Å². The second-order valence-corrected chi connectivity index (χ2v) is 6.32. The third kappa shape index (κ3) is 2.51. The maximum absolute atomic E-state index is 13.4. The van der Waals surface area contributed by atoms with E-state index in [-0.39, 0.29) is 37.9 Å². The highest BCUT2D eigenvalue weighted by molar-refractivity contribution is 6.05. The Morgan fingerprint density at radius 1 is 1.16 bits per heavy atom. The lowest BCUT2D eigenvalue weighted by molar-refractivity contribution is -0.138. The zero-order valence-corrected chi connectivity index (χ0v) is 13.1. The van der Waals surface area contributed by atoms with Crippen LogP contribution in [0, 0.1) is 5.82 Å². The first kappa shape index (κ1) is 15.6. The number of benzene rings is 1. The summed E-state index contributed by atoms with van der Waals surface area (Å²) in [6.45, 7) is 0.624. The average molecular weight is 346 g/mol. The van der Waals surface area contributed by atoms with Crippen LogP contribution < -0.4 is 10.6 Å². The van der Waals surface area contributed by atoms with Gasteiger partial charge in [-0.1, -0.05) is 6.07 Å². The number of piperazine rings is 1. The molecule has 2 atom stereocenters. The monoisotopic (exact) mass is 346 g/mol. The lowest BCUT2D eigenvalue weighted by atomic mass is 9.89. The summed E-state index contributed by atoms with van der Waals surface area (Å²) in [4.78, 5) is 51.2. The first-order chi connectivity index (χ1) is 11.9. The number of nitrogens with zero attached hydrogens (tertiary/aromatic N) is 2. The SMILES string of the molecule is O=C1CC(C(=O)N2CCN3C(=O)NC(=O)C3C2)c2ccc(F)cc2N1. The third-order valence-electron chi connectivity index (χ3n) is 4.84. The molecule has 130 valence electrons. The molecular formula is C16H15FN4O4. The van der Waals surface area contributed by atoms with E-state index in [1.54, 1.807) is 0 Å². The highest BCUT2D eigenvalue weighted by Crippen LogP contribution is 2.34. The molecule has 3 aliphatic heterocycles. The molecule has 2 fully saturated rings. The van der Waals surface area contributed by atoms with Crippen molar-refractivity contribution in [3.8, 4) is 0 Å². The molecule has 8 nitrogen and oxygen atoms in total. The Kier molecular flexibility index (Phi) is 3.45. The topological polar surface area (TPSA) is 98.8 Å². The van der Waals surface area contributed by atoms with Gasteiger partial charge in [-0.15, -0.1) is 0 Å². The maximum atomic E-state index is 13.4. The zero-order chi connectivity index (χ0) is 17.7. The number of imide groups is 1. The Bertz CT molecular complexity index is 811. The minimum atomic E-state index is -0.726. The summed E-state index contributed by atoms with van der Waals surface area (Å²) in [5.74, 6) is -2.30.